The first-order chi connectivity index (χ1) is 11.5. The zero-order valence-electron chi connectivity index (χ0n) is 14.0. The summed E-state index contributed by atoms with van der Waals surface area (Å²) in [6, 6.07) is 15.4. The van der Waals surface area contributed by atoms with Crippen molar-refractivity contribution in [1.29, 1.82) is 0 Å². The molecule has 0 aliphatic rings. The second-order valence-electron chi connectivity index (χ2n) is 5.97. The summed E-state index contributed by atoms with van der Waals surface area (Å²) >= 11 is 2.23. The minimum atomic E-state index is -0.0812. The monoisotopic (exact) mass is 438 g/mol. The van der Waals surface area contributed by atoms with Crippen molar-refractivity contribution in [3.05, 3.63) is 52.1 Å². The standard InChI is InChI=1S/C19H23IN2O2/c1-14(2)10-11-24-18-5-3-4-17(12-18)21-13-19(23)22-16-8-6-15(20)7-9-16/h3-9,12,14,21H,10-11,13H2,1-2H3,(H,22,23). The van der Waals surface area contributed by atoms with Crippen LogP contribution in [0.25, 0.3) is 0 Å². The van der Waals surface area contributed by atoms with Crippen molar-refractivity contribution in [1.82, 2.24) is 0 Å². The Morgan fingerprint density at radius 1 is 1.12 bits per heavy atom. The van der Waals surface area contributed by atoms with E-state index in [0.717, 1.165) is 27.1 Å². The lowest BCUT2D eigenvalue weighted by atomic mass is 10.1. The summed E-state index contributed by atoms with van der Waals surface area (Å²) < 4.78 is 6.87. The molecule has 0 heterocycles. The third-order valence-corrected chi connectivity index (χ3v) is 4.10. The molecule has 0 spiro atoms. The summed E-state index contributed by atoms with van der Waals surface area (Å²) in [4.78, 5) is 12.0. The lowest BCUT2D eigenvalue weighted by Gasteiger charge is -2.11. The molecule has 0 saturated carbocycles. The van der Waals surface area contributed by atoms with Crippen molar-refractivity contribution in [2.75, 3.05) is 23.8 Å². The molecular weight excluding hydrogens is 415 g/mol. The van der Waals surface area contributed by atoms with Crippen molar-refractivity contribution >= 4 is 39.9 Å². The lowest BCUT2D eigenvalue weighted by Crippen LogP contribution is -2.21. The summed E-state index contributed by atoms with van der Waals surface area (Å²) in [5, 5.41) is 5.99. The van der Waals surface area contributed by atoms with Crippen LogP contribution in [0.1, 0.15) is 20.3 Å². The summed E-state index contributed by atoms with van der Waals surface area (Å²) in [5.74, 6) is 1.36. The molecule has 128 valence electrons. The third-order valence-electron chi connectivity index (χ3n) is 3.38. The van der Waals surface area contributed by atoms with Gasteiger partial charge in [0.25, 0.3) is 0 Å². The van der Waals surface area contributed by atoms with Crippen LogP contribution in [0.15, 0.2) is 48.5 Å². The van der Waals surface area contributed by atoms with Gasteiger partial charge in [-0.1, -0.05) is 19.9 Å². The fourth-order valence-electron chi connectivity index (χ4n) is 2.03. The lowest BCUT2D eigenvalue weighted by molar-refractivity contribution is -0.114. The maximum absolute atomic E-state index is 12.0. The summed E-state index contributed by atoms with van der Waals surface area (Å²) in [5.41, 5.74) is 1.67. The maximum atomic E-state index is 12.0. The van der Waals surface area contributed by atoms with Gasteiger partial charge in [0.15, 0.2) is 0 Å². The number of carbonyl (C=O) groups is 1. The number of carbonyl (C=O) groups excluding carboxylic acids is 1. The number of anilines is 2. The second-order valence-corrected chi connectivity index (χ2v) is 7.21. The van der Waals surface area contributed by atoms with Gasteiger partial charge in [-0.05, 0) is 71.3 Å². The van der Waals surface area contributed by atoms with Crippen LogP contribution >= 0.6 is 22.6 Å². The molecular formula is C19H23IN2O2. The quantitative estimate of drug-likeness (QED) is 0.584. The highest BCUT2D eigenvalue weighted by Crippen LogP contribution is 2.18. The van der Waals surface area contributed by atoms with E-state index in [2.05, 4.69) is 47.1 Å². The van der Waals surface area contributed by atoms with E-state index < -0.39 is 0 Å². The maximum Gasteiger partial charge on any atom is 0.243 e. The Bertz CT molecular complexity index is 657. The number of hydrogen-bond acceptors (Lipinski definition) is 3. The third kappa shape index (κ3) is 6.78. The van der Waals surface area contributed by atoms with E-state index in [-0.39, 0.29) is 12.5 Å². The van der Waals surface area contributed by atoms with E-state index in [1.807, 2.05) is 48.5 Å². The number of ether oxygens (including phenoxy) is 1. The average molecular weight is 438 g/mol. The molecule has 0 fully saturated rings. The highest BCUT2D eigenvalue weighted by molar-refractivity contribution is 14.1. The Morgan fingerprint density at radius 2 is 1.88 bits per heavy atom. The van der Waals surface area contributed by atoms with Crippen LogP contribution in [-0.4, -0.2) is 19.1 Å². The molecule has 0 saturated heterocycles. The number of rotatable bonds is 8. The largest absolute Gasteiger partial charge is 0.494 e. The van der Waals surface area contributed by atoms with Gasteiger partial charge in [0.2, 0.25) is 5.91 Å². The summed E-state index contributed by atoms with van der Waals surface area (Å²) in [7, 11) is 0. The van der Waals surface area contributed by atoms with Crippen LogP contribution in [0.4, 0.5) is 11.4 Å². The van der Waals surface area contributed by atoms with E-state index in [9.17, 15) is 4.79 Å². The average Bonchev–Trinajstić information content (AvgIpc) is 2.55. The number of amides is 1. The molecule has 0 atom stereocenters. The van der Waals surface area contributed by atoms with Gasteiger partial charge < -0.3 is 15.4 Å². The SMILES string of the molecule is CC(C)CCOc1cccc(NCC(=O)Nc2ccc(I)cc2)c1. The Balaban J connectivity index is 1.80. The number of benzene rings is 2. The van der Waals surface area contributed by atoms with E-state index in [1.165, 1.54) is 0 Å². The molecule has 0 aromatic heterocycles. The van der Waals surface area contributed by atoms with Gasteiger partial charge in [0.05, 0.1) is 13.2 Å². The Labute approximate surface area is 157 Å². The fraction of sp³-hybridized carbons (Fsp3) is 0.316. The molecule has 0 bridgehead atoms. The predicted octanol–water partition coefficient (Wildman–Crippen LogP) is 4.77. The zero-order chi connectivity index (χ0) is 17.4. The molecule has 0 radical (unpaired) electrons. The fourth-order valence-corrected chi connectivity index (χ4v) is 2.39. The Morgan fingerprint density at radius 3 is 2.58 bits per heavy atom. The van der Waals surface area contributed by atoms with Gasteiger partial charge in [-0.25, -0.2) is 0 Å². The molecule has 5 heteroatoms. The smallest absolute Gasteiger partial charge is 0.243 e. The highest BCUT2D eigenvalue weighted by atomic mass is 127. The molecule has 1 amide bonds. The number of halogens is 1. The van der Waals surface area contributed by atoms with E-state index in [0.29, 0.717) is 12.5 Å². The first-order valence-corrected chi connectivity index (χ1v) is 9.13. The van der Waals surface area contributed by atoms with Crippen LogP contribution in [0.2, 0.25) is 0 Å². The molecule has 2 N–H and O–H groups in total. The van der Waals surface area contributed by atoms with Crippen LogP contribution in [0, 0.1) is 9.49 Å². The van der Waals surface area contributed by atoms with Crippen LogP contribution < -0.4 is 15.4 Å². The van der Waals surface area contributed by atoms with E-state index >= 15 is 0 Å². The zero-order valence-corrected chi connectivity index (χ0v) is 16.2. The highest BCUT2D eigenvalue weighted by Gasteiger charge is 2.03. The molecule has 0 aliphatic heterocycles. The van der Waals surface area contributed by atoms with Crippen LogP contribution in [0.3, 0.4) is 0 Å². The first kappa shape index (κ1) is 18.6. The van der Waals surface area contributed by atoms with E-state index in [4.69, 9.17) is 4.74 Å². The van der Waals surface area contributed by atoms with Gasteiger partial charge in [-0.3, -0.25) is 4.79 Å². The molecule has 24 heavy (non-hydrogen) atoms. The van der Waals surface area contributed by atoms with Crippen LogP contribution in [0.5, 0.6) is 5.75 Å². The van der Waals surface area contributed by atoms with Crippen molar-refractivity contribution < 1.29 is 9.53 Å². The predicted molar refractivity (Wildman–Crippen MR) is 108 cm³/mol. The number of nitrogens with one attached hydrogen (secondary N) is 2. The topological polar surface area (TPSA) is 50.4 Å². The summed E-state index contributed by atoms with van der Waals surface area (Å²) in [6.07, 6.45) is 1.02. The molecule has 2 rings (SSSR count). The summed E-state index contributed by atoms with van der Waals surface area (Å²) in [6.45, 7) is 5.26. The van der Waals surface area contributed by atoms with Gasteiger partial charge in [-0.2, -0.15) is 0 Å². The minimum Gasteiger partial charge on any atom is -0.494 e. The Hall–Kier alpha value is -1.76. The van der Waals surface area contributed by atoms with Gasteiger partial charge in [0, 0.05) is 21.0 Å². The number of hydrogen-bond donors (Lipinski definition) is 2. The van der Waals surface area contributed by atoms with Crippen molar-refractivity contribution in [2.45, 2.75) is 20.3 Å². The second kappa shape index (κ2) is 9.52. The molecule has 4 nitrogen and oxygen atoms in total. The van der Waals surface area contributed by atoms with Crippen molar-refractivity contribution in [2.24, 2.45) is 5.92 Å². The van der Waals surface area contributed by atoms with Gasteiger partial charge >= 0.3 is 0 Å². The minimum absolute atomic E-state index is 0.0812. The van der Waals surface area contributed by atoms with Gasteiger partial charge in [-0.15, -0.1) is 0 Å². The van der Waals surface area contributed by atoms with Gasteiger partial charge in [0.1, 0.15) is 5.75 Å². The first-order valence-electron chi connectivity index (χ1n) is 8.05. The Kier molecular flexibility index (Phi) is 7.36. The van der Waals surface area contributed by atoms with Crippen molar-refractivity contribution in [3.63, 3.8) is 0 Å². The van der Waals surface area contributed by atoms with Crippen LogP contribution in [-0.2, 0) is 4.79 Å². The molecule has 2 aromatic rings. The molecule has 0 aliphatic carbocycles. The molecule has 2 aromatic carbocycles. The van der Waals surface area contributed by atoms with E-state index in [1.54, 1.807) is 0 Å². The normalized spacial score (nSPS) is 10.5. The molecule has 0 unspecified atom stereocenters. The van der Waals surface area contributed by atoms with Crippen molar-refractivity contribution in [3.8, 4) is 5.75 Å².